The molecule has 0 amide bonds. The largest absolute Gasteiger partial charge is 0.466 e. The van der Waals surface area contributed by atoms with Gasteiger partial charge in [0.15, 0.2) is 0 Å². The first-order valence-corrected chi connectivity index (χ1v) is 5.77. The highest BCUT2D eigenvalue weighted by atomic mass is 16.5. The van der Waals surface area contributed by atoms with Gasteiger partial charge in [0.05, 0.1) is 6.61 Å². The summed E-state index contributed by atoms with van der Waals surface area (Å²) in [6.07, 6.45) is 1.43. The van der Waals surface area contributed by atoms with Crippen LogP contribution in [0.1, 0.15) is 40.5 Å². The van der Waals surface area contributed by atoms with E-state index in [1.54, 1.807) is 0 Å². The number of hydrogen-bond acceptors (Lipinski definition) is 3. The predicted molar refractivity (Wildman–Crippen MR) is 60.4 cm³/mol. The fraction of sp³-hybridized carbons (Fsp3) is 0.917. The Morgan fingerprint density at radius 1 is 1.27 bits per heavy atom. The second-order valence-electron chi connectivity index (χ2n) is 4.49. The van der Waals surface area contributed by atoms with E-state index in [9.17, 15) is 4.79 Å². The van der Waals surface area contributed by atoms with Gasteiger partial charge in [0.1, 0.15) is 0 Å². The molecule has 3 unspecified atom stereocenters. The SMILES string of the molecule is CCOC(=O)CC(C)C(C)CC(C)CO. The van der Waals surface area contributed by atoms with Gasteiger partial charge < -0.3 is 9.84 Å². The molecule has 3 nitrogen and oxygen atoms in total. The maximum atomic E-state index is 11.2. The van der Waals surface area contributed by atoms with Crippen LogP contribution in [0.4, 0.5) is 0 Å². The minimum absolute atomic E-state index is 0.117. The summed E-state index contributed by atoms with van der Waals surface area (Å²) >= 11 is 0. The van der Waals surface area contributed by atoms with E-state index in [4.69, 9.17) is 9.84 Å². The van der Waals surface area contributed by atoms with E-state index in [-0.39, 0.29) is 12.6 Å². The van der Waals surface area contributed by atoms with Crippen molar-refractivity contribution in [3.8, 4) is 0 Å². The van der Waals surface area contributed by atoms with Crippen LogP contribution in [0.5, 0.6) is 0 Å². The molecule has 90 valence electrons. The van der Waals surface area contributed by atoms with Crippen molar-refractivity contribution in [1.29, 1.82) is 0 Å². The first kappa shape index (κ1) is 14.4. The molecule has 15 heavy (non-hydrogen) atoms. The number of rotatable bonds is 7. The monoisotopic (exact) mass is 216 g/mol. The molecule has 0 saturated heterocycles. The Hall–Kier alpha value is -0.570. The molecule has 0 aliphatic heterocycles. The molecule has 0 radical (unpaired) electrons. The Labute approximate surface area is 92.8 Å². The van der Waals surface area contributed by atoms with E-state index in [0.717, 1.165) is 6.42 Å². The number of ether oxygens (including phenoxy) is 1. The average molecular weight is 216 g/mol. The normalized spacial score (nSPS) is 16.9. The summed E-state index contributed by atoms with van der Waals surface area (Å²) in [5.74, 6) is 0.952. The van der Waals surface area contributed by atoms with Gasteiger partial charge in [-0.25, -0.2) is 0 Å². The predicted octanol–water partition coefficient (Wildman–Crippen LogP) is 2.23. The third kappa shape index (κ3) is 6.50. The number of aliphatic hydroxyl groups excluding tert-OH is 1. The van der Waals surface area contributed by atoms with Gasteiger partial charge in [0.25, 0.3) is 0 Å². The van der Waals surface area contributed by atoms with Gasteiger partial charge in [0, 0.05) is 13.0 Å². The van der Waals surface area contributed by atoms with Crippen LogP contribution < -0.4 is 0 Å². The van der Waals surface area contributed by atoms with Crippen LogP contribution in [-0.4, -0.2) is 24.3 Å². The maximum absolute atomic E-state index is 11.2. The van der Waals surface area contributed by atoms with E-state index < -0.39 is 0 Å². The fourth-order valence-electron chi connectivity index (χ4n) is 1.63. The molecule has 0 bridgehead atoms. The standard InChI is InChI=1S/C12H24O3/c1-5-15-12(14)7-11(4)10(3)6-9(2)8-13/h9-11,13H,5-8H2,1-4H3. The van der Waals surface area contributed by atoms with Crippen LogP contribution in [0.15, 0.2) is 0 Å². The van der Waals surface area contributed by atoms with Crippen LogP contribution in [-0.2, 0) is 9.53 Å². The van der Waals surface area contributed by atoms with E-state index in [0.29, 0.717) is 30.8 Å². The van der Waals surface area contributed by atoms with Crippen molar-refractivity contribution >= 4 is 5.97 Å². The van der Waals surface area contributed by atoms with Crippen LogP contribution in [0, 0.1) is 17.8 Å². The zero-order valence-corrected chi connectivity index (χ0v) is 10.3. The Morgan fingerprint density at radius 2 is 1.87 bits per heavy atom. The highest BCUT2D eigenvalue weighted by Gasteiger charge is 2.18. The fourth-order valence-corrected chi connectivity index (χ4v) is 1.63. The molecule has 0 aromatic carbocycles. The lowest BCUT2D eigenvalue weighted by molar-refractivity contribution is -0.144. The summed E-state index contributed by atoms with van der Waals surface area (Å²) in [6.45, 7) is 8.69. The van der Waals surface area contributed by atoms with Crippen molar-refractivity contribution in [3.63, 3.8) is 0 Å². The van der Waals surface area contributed by atoms with Crippen molar-refractivity contribution in [3.05, 3.63) is 0 Å². The quantitative estimate of drug-likeness (QED) is 0.664. The van der Waals surface area contributed by atoms with E-state index in [1.165, 1.54) is 0 Å². The van der Waals surface area contributed by atoms with Gasteiger partial charge >= 0.3 is 5.97 Å². The number of hydrogen-bond donors (Lipinski definition) is 1. The molecule has 0 fully saturated rings. The van der Waals surface area contributed by atoms with Gasteiger partial charge in [-0.1, -0.05) is 20.8 Å². The second-order valence-corrected chi connectivity index (χ2v) is 4.49. The van der Waals surface area contributed by atoms with Crippen LogP contribution in [0.25, 0.3) is 0 Å². The molecule has 0 aliphatic carbocycles. The number of carbonyl (C=O) groups excluding carboxylic acids is 1. The van der Waals surface area contributed by atoms with E-state index >= 15 is 0 Å². The third-order valence-corrected chi connectivity index (χ3v) is 2.85. The highest BCUT2D eigenvalue weighted by Crippen LogP contribution is 2.22. The summed E-state index contributed by atoms with van der Waals surface area (Å²) in [4.78, 5) is 11.2. The van der Waals surface area contributed by atoms with Crippen molar-refractivity contribution in [2.45, 2.75) is 40.5 Å². The van der Waals surface area contributed by atoms with Crippen molar-refractivity contribution in [2.75, 3.05) is 13.2 Å². The zero-order chi connectivity index (χ0) is 11.8. The topological polar surface area (TPSA) is 46.5 Å². The maximum Gasteiger partial charge on any atom is 0.306 e. The van der Waals surface area contributed by atoms with Gasteiger partial charge in [-0.15, -0.1) is 0 Å². The molecule has 1 N–H and O–H groups in total. The molecule has 0 saturated carbocycles. The molecule has 0 aromatic rings. The first-order valence-electron chi connectivity index (χ1n) is 5.77. The molecule has 0 heterocycles. The van der Waals surface area contributed by atoms with Crippen LogP contribution >= 0.6 is 0 Å². The molecule has 3 heteroatoms. The molecule has 0 aliphatic rings. The number of esters is 1. The summed E-state index contributed by atoms with van der Waals surface area (Å²) in [5.41, 5.74) is 0. The molecule has 0 rings (SSSR count). The minimum atomic E-state index is -0.117. The zero-order valence-electron chi connectivity index (χ0n) is 10.3. The van der Waals surface area contributed by atoms with E-state index in [1.807, 2.05) is 13.8 Å². The highest BCUT2D eigenvalue weighted by molar-refractivity contribution is 5.69. The molecule has 3 atom stereocenters. The summed E-state index contributed by atoms with van der Waals surface area (Å²) in [6, 6.07) is 0. The lowest BCUT2D eigenvalue weighted by atomic mass is 9.86. The Kier molecular flexibility index (Phi) is 7.39. The Bertz CT molecular complexity index is 180. The number of aliphatic hydroxyl groups is 1. The summed E-state index contributed by atoms with van der Waals surface area (Å²) in [7, 11) is 0. The van der Waals surface area contributed by atoms with Gasteiger partial charge in [-0.3, -0.25) is 4.79 Å². The van der Waals surface area contributed by atoms with Crippen molar-refractivity contribution in [2.24, 2.45) is 17.8 Å². The summed E-state index contributed by atoms with van der Waals surface area (Å²) < 4.78 is 4.91. The Balaban J connectivity index is 3.87. The third-order valence-electron chi connectivity index (χ3n) is 2.85. The molecule has 0 spiro atoms. The molecular weight excluding hydrogens is 192 g/mol. The van der Waals surface area contributed by atoms with Gasteiger partial charge in [-0.05, 0) is 31.1 Å². The lowest BCUT2D eigenvalue weighted by Crippen LogP contribution is -2.18. The number of carbonyl (C=O) groups is 1. The molecular formula is C12H24O3. The van der Waals surface area contributed by atoms with Gasteiger partial charge in [0.2, 0.25) is 0 Å². The minimum Gasteiger partial charge on any atom is -0.466 e. The first-order chi connectivity index (χ1) is 7.01. The van der Waals surface area contributed by atoms with Crippen molar-refractivity contribution in [1.82, 2.24) is 0 Å². The second kappa shape index (κ2) is 7.69. The molecule has 0 aromatic heterocycles. The Morgan fingerprint density at radius 3 is 2.33 bits per heavy atom. The van der Waals surface area contributed by atoms with Crippen LogP contribution in [0.2, 0.25) is 0 Å². The van der Waals surface area contributed by atoms with E-state index in [2.05, 4.69) is 13.8 Å². The smallest absolute Gasteiger partial charge is 0.306 e. The lowest BCUT2D eigenvalue weighted by Gasteiger charge is -2.21. The van der Waals surface area contributed by atoms with Crippen LogP contribution in [0.3, 0.4) is 0 Å². The average Bonchev–Trinajstić information content (AvgIpc) is 2.17. The summed E-state index contributed by atoms with van der Waals surface area (Å²) in [5, 5.41) is 8.94. The van der Waals surface area contributed by atoms with Gasteiger partial charge in [-0.2, -0.15) is 0 Å². The van der Waals surface area contributed by atoms with Crippen molar-refractivity contribution < 1.29 is 14.6 Å².